The minimum absolute atomic E-state index is 0.0195. The molecule has 1 heterocycles. The van der Waals surface area contributed by atoms with Crippen LogP contribution in [-0.2, 0) is 15.3 Å². The maximum Gasteiger partial charge on any atom is 0.412 e. The van der Waals surface area contributed by atoms with Crippen molar-refractivity contribution in [3.05, 3.63) is 70.4 Å². The largest absolute Gasteiger partial charge is 0.441 e. The Morgan fingerprint density at radius 3 is 2.61 bits per heavy atom. The van der Waals surface area contributed by atoms with Crippen LogP contribution < -0.4 is 10.6 Å². The highest BCUT2D eigenvalue weighted by atomic mass is 35.5. The van der Waals surface area contributed by atoms with Crippen LogP contribution in [0.1, 0.15) is 36.8 Å². The fourth-order valence-corrected chi connectivity index (χ4v) is 4.22. The highest BCUT2D eigenvalue weighted by Crippen LogP contribution is 2.32. The Morgan fingerprint density at radius 1 is 1.18 bits per heavy atom. The van der Waals surface area contributed by atoms with E-state index in [0.29, 0.717) is 28.7 Å². The van der Waals surface area contributed by atoms with Crippen molar-refractivity contribution in [1.29, 1.82) is 0 Å². The zero-order valence-corrected chi connectivity index (χ0v) is 20.3. The van der Waals surface area contributed by atoms with E-state index in [1.165, 1.54) is 6.92 Å². The molecule has 0 fully saturated rings. The monoisotopic (exact) mass is 487 g/mol. The summed E-state index contributed by atoms with van der Waals surface area (Å²) >= 11 is 7.93. The lowest BCUT2D eigenvalue weighted by atomic mass is 10.1. The maximum atomic E-state index is 12.5. The number of hydrogen-bond acceptors (Lipinski definition) is 6. The van der Waals surface area contributed by atoms with E-state index < -0.39 is 12.2 Å². The number of ether oxygens (including phenoxy) is 1. The molecule has 3 aromatic rings. The van der Waals surface area contributed by atoms with Crippen molar-refractivity contribution in [2.45, 2.75) is 32.6 Å². The quantitative estimate of drug-likeness (QED) is 0.360. The molecule has 2 amide bonds. The Bertz CT molecular complexity index is 1100. The van der Waals surface area contributed by atoms with Gasteiger partial charge in [0.15, 0.2) is 5.76 Å². The molecule has 3 rings (SSSR count). The smallest absolute Gasteiger partial charge is 0.412 e. The number of rotatable bonds is 9. The number of nitrogens with zero attached hydrogens (tertiary/aromatic N) is 1. The topological polar surface area (TPSA) is 93.5 Å². The normalized spacial score (nSPS) is 11.6. The molecule has 0 bridgehead atoms. The van der Waals surface area contributed by atoms with Crippen molar-refractivity contribution in [1.82, 2.24) is 10.5 Å². The molecule has 2 N–H and O–H groups in total. The van der Waals surface area contributed by atoms with Crippen LogP contribution in [0, 0.1) is 6.92 Å². The van der Waals surface area contributed by atoms with E-state index in [9.17, 15) is 9.59 Å². The second-order valence-electron chi connectivity index (χ2n) is 7.40. The van der Waals surface area contributed by atoms with E-state index in [4.69, 9.17) is 20.9 Å². The zero-order chi connectivity index (χ0) is 23.8. The number of anilines is 1. The van der Waals surface area contributed by atoms with Gasteiger partial charge in [-0.25, -0.2) is 4.79 Å². The molecular formula is C24H26ClN3O4S. The SMILES string of the molecule is CC(=O)NCCSCc1ccc(-c2onc(C)c2NC(=O)OC(C)c2ccccc2Cl)cc1. The van der Waals surface area contributed by atoms with Crippen LogP contribution in [0.4, 0.5) is 10.5 Å². The second-order valence-corrected chi connectivity index (χ2v) is 8.91. The van der Waals surface area contributed by atoms with E-state index in [1.807, 2.05) is 42.5 Å². The number of carbonyl (C=O) groups is 2. The summed E-state index contributed by atoms with van der Waals surface area (Å²) in [7, 11) is 0. The number of hydrogen-bond donors (Lipinski definition) is 2. The van der Waals surface area contributed by atoms with Crippen LogP contribution in [0.3, 0.4) is 0 Å². The summed E-state index contributed by atoms with van der Waals surface area (Å²) in [6, 6.07) is 15.1. The molecule has 9 heteroatoms. The standard InChI is InChI=1S/C24H26ClN3O4S/c1-15-22(27-24(30)31-16(2)20-6-4-5-7-21(20)25)23(32-28-15)19-10-8-18(9-11-19)14-33-13-12-26-17(3)29/h4-11,16H,12-14H2,1-3H3,(H,26,29)(H,27,30). The third-order valence-electron chi connectivity index (χ3n) is 4.82. The number of aryl methyl sites for hydroxylation is 1. The van der Waals surface area contributed by atoms with Gasteiger partial charge < -0.3 is 14.6 Å². The molecule has 1 unspecified atom stereocenters. The van der Waals surface area contributed by atoms with Crippen molar-refractivity contribution in [2.75, 3.05) is 17.6 Å². The zero-order valence-electron chi connectivity index (χ0n) is 18.7. The van der Waals surface area contributed by atoms with Crippen molar-refractivity contribution in [3.8, 4) is 11.3 Å². The number of thioether (sulfide) groups is 1. The first-order chi connectivity index (χ1) is 15.8. The third kappa shape index (κ3) is 7.00. The van der Waals surface area contributed by atoms with Gasteiger partial charge in [-0.1, -0.05) is 59.2 Å². The molecule has 174 valence electrons. The number of benzene rings is 2. The first-order valence-electron chi connectivity index (χ1n) is 10.4. The van der Waals surface area contributed by atoms with Crippen molar-refractivity contribution >= 4 is 41.1 Å². The van der Waals surface area contributed by atoms with Crippen LogP contribution in [0.15, 0.2) is 53.1 Å². The van der Waals surface area contributed by atoms with E-state index in [-0.39, 0.29) is 5.91 Å². The lowest BCUT2D eigenvalue weighted by Crippen LogP contribution is -2.22. The summed E-state index contributed by atoms with van der Waals surface area (Å²) in [4.78, 5) is 23.4. The van der Waals surface area contributed by atoms with Gasteiger partial charge in [0.05, 0.1) is 0 Å². The molecule has 0 saturated heterocycles. The van der Waals surface area contributed by atoms with Gasteiger partial charge in [-0.2, -0.15) is 11.8 Å². The first-order valence-corrected chi connectivity index (χ1v) is 12.0. The predicted octanol–water partition coefficient (Wildman–Crippen LogP) is 5.98. The summed E-state index contributed by atoms with van der Waals surface area (Å²) in [5, 5.41) is 10.1. The fraction of sp³-hybridized carbons (Fsp3) is 0.292. The van der Waals surface area contributed by atoms with Gasteiger partial charge in [0.25, 0.3) is 0 Å². The van der Waals surface area contributed by atoms with Crippen molar-refractivity contribution in [3.63, 3.8) is 0 Å². The lowest BCUT2D eigenvalue weighted by molar-refractivity contribution is -0.118. The lowest BCUT2D eigenvalue weighted by Gasteiger charge is -2.15. The molecule has 0 aliphatic rings. The van der Waals surface area contributed by atoms with Crippen LogP contribution in [0.5, 0.6) is 0 Å². The van der Waals surface area contributed by atoms with Crippen LogP contribution in [-0.4, -0.2) is 29.5 Å². The summed E-state index contributed by atoms with van der Waals surface area (Å²) in [6.07, 6.45) is -1.15. The van der Waals surface area contributed by atoms with Gasteiger partial charge >= 0.3 is 6.09 Å². The maximum absolute atomic E-state index is 12.5. The summed E-state index contributed by atoms with van der Waals surface area (Å²) < 4.78 is 11.0. The molecule has 1 aromatic heterocycles. The Labute approximate surface area is 202 Å². The Hall–Kier alpha value is -2.97. The molecule has 2 aromatic carbocycles. The first kappa shape index (κ1) is 24.7. The van der Waals surface area contributed by atoms with E-state index in [0.717, 1.165) is 28.2 Å². The number of halogens is 1. The fourth-order valence-electron chi connectivity index (χ4n) is 3.12. The molecule has 33 heavy (non-hydrogen) atoms. The average molecular weight is 488 g/mol. The Morgan fingerprint density at radius 2 is 1.91 bits per heavy atom. The number of nitrogens with one attached hydrogen (secondary N) is 2. The summed E-state index contributed by atoms with van der Waals surface area (Å²) in [5.41, 5.74) is 3.66. The average Bonchev–Trinajstić information content (AvgIpc) is 3.14. The Kier molecular flexibility index (Phi) is 8.79. The number of aromatic nitrogens is 1. The Balaban J connectivity index is 1.61. The molecule has 0 spiro atoms. The van der Waals surface area contributed by atoms with Crippen LogP contribution >= 0.6 is 23.4 Å². The van der Waals surface area contributed by atoms with Gasteiger partial charge in [-0.3, -0.25) is 10.1 Å². The van der Waals surface area contributed by atoms with Crippen molar-refractivity contribution < 1.29 is 18.8 Å². The minimum Gasteiger partial charge on any atom is -0.441 e. The molecule has 1 atom stereocenters. The van der Waals surface area contributed by atoms with Crippen molar-refractivity contribution in [2.24, 2.45) is 0 Å². The summed E-state index contributed by atoms with van der Waals surface area (Å²) in [5.74, 6) is 2.10. The second kappa shape index (κ2) is 11.8. The summed E-state index contributed by atoms with van der Waals surface area (Å²) in [6.45, 7) is 5.67. The van der Waals surface area contributed by atoms with Gasteiger partial charge in [0, 0.05) is 41.1 Å². The van der Waals surface area contributed by atoms with E-state index in [2.05, 4.69) is 15.8 Å². The third-order valence-corrected chi connectivity index (χ3v) is 6.20. The highest BCUT2D eigenvalue weighted by Gasteiger charge is 2.20. The van der Waals surface area contributed by atoms with Gasteiger partial charge in [0.1, 0.15) is 17.5 Å². The molecule has 0 aliphatic carbocycles. The molecule has 7 nitrogen and oxygen atoms in total. The molecule has 0 aliphatic heterocycles. The molecule has 0 radical (unpaired) electrons. The van der Waals surface area contributed by atoms with E-state index >= 15 is 0 Å². The minimum atomic E-state index is -0.623. The molecule has 0 saturated carbocycles. The molecular weight excluding hydrogens is 462 g/mol. The van der Waals surface area contributed by atoms with E-state index in [1.54, 1.807) is 31.7 Å². The van der Waals surface area contributed by atoms with Gasteiger partial charge in [-0.05, 0) is 25.5 Å². The number of carbonyl (C=O) groups excluding carboxylic acids is 2. The van der Waals surface area contributed by atoms with Gasteiger partial charge in [0.2, 0.25) is 5.91 Å². The van der Waals surface area contributed by atoms with Crippen LogP contribution in [0.25, 0.3) is 11.3 Å². The highest BCUT2D eigenvalue weighted by molar-refractivity contribution is 7.98. The predicted molar refractivity (Wildman–Crippen MR) is 131 cm³/mol. The van der Waals surface area contributed by atoms with Gasteiger partial charge in [-0.15, -0.1) is 0 Å². The number of amides is 2. The van der Waals surface area contributed by atoms with Crippen LogP contribution in [0.2, 0.25) is 5.02 Å².